The molecule has 0 saturated heterocycles. The molecule has 1 aliphatic carbocycles. The molecule has 0 spiro atoms. The van der Waals surface area contributed by atoms with Crippen molar-refractivity contribution in [2.45, 2.75) is 19.3 Å². The van der Waals surface area contributed by atoms with Crippen molar-refractivity contribution in [3.05, 3.63) is 46.5 Å². The lowest BCUT2D eigenvalue weighted by molar-refractivity contribution is -0.150. The highest BCUT2D eigenvalue weighted by atomic mass is 79.9. The molecule has 100 valence electrons. The summed E-state index contributed by atoms with van der Waals surface area (Å²) in [7, 11) is 1.32. The number of ketones is 1. The van der Waals surface area contributed by atoms with E-state index in [2.05, 4.69) is 22.5 Å². The van der Waals surface area contributed by atoms with Gasteiger partial charge in [0, 0.05) is 10.0 Å². The van der Waals surface area contributed by atoms with Gasteiger partial charge in [-0.1, -0.05) is 28.1 Å². The maximum Gasteiger partial charge on any atom is 0.320 e. The monoisotopic (exact) mass is 322 g/mol. The van der Waals surface area contributed by atoms with Crippen LogP contribution in [0.4, 0.5) is 0 Å². The topological polar surface area (TPSA) is 43.4 Å². The summed E-state index contributed by atoms with van der Waals surface area (Å²) in [6.45, 7) is 3.66. The summed E-state index contributed by atoms with van der Waals surface area (Å²) >= 11 is 3.36. The van der Waals surface area contributed by atoms with Crippen LogP contribution in [-0.2, 0) is 16.0 Å². The lowest BCUT2D eigenvalue weighted by Crippen LogP contribution is -2.43. The van der Waals surface area contributed by atoms with Gasteiger partial charge in [0.1, 0.15) is 5.41 Å². The average Bonchev–Trinajstić information content (AvgIpc) is 2.42. The number of carbonyl (C=O) groups is 2. The van der Waals surface area contributed by atoms with Gasteiger partial charge in [-0.15, -0.1) is 6.58 Å². The number of carbonyl (C=O) groups excluding carboxylic acids is 2. The predicted octanol–water partition coefficient (Wildman–Crippen LogP) is 3.31. The van der Waals surface area contributed by atoms with Gasteiger partial charge in [0.2, 0.25) is 0 Å². The van der Waals surface area contributed by atoms with E-state index < -0.39 is 11.4 Å². The minimum Gasteiger partial charge on any atom is -0.468 e. The zero-order valence-electron chi connectivity index (χ0n) is 10.7. The van der Waals surface area contributed by atoms with Crippen LogP contribution in [0.25, 0.3) is 0 Å². The van der Waals surface area contributed by atoms with Crippen molar-refractivity contribution in [1.29, 1.82) is 0 Å². The molecule has 19 heavy (non-hydrogen) atoms. The van der Waals surface area contributed by atoms with Crippen molar-refractivity contribution < 1.29 is 14.3 Å². The number of methoxy groups -OCH3 is 1. The molecule has 0 saturated carbocycles. The summed E-state index contributed by atoms with van der Waals surface area (Å²) in [5.74, 6) is -0.634. The third-order valence-corrected chi connectivity index (χ3v) is 4.13. The highest BCUT2D eigenvalue weighted by Crippen LogP contribution is 2.40. The fourth-order valence-electron chi connectivity index (χ4n) is 2.61. The van der Waals surface area contributed by atoms with Gasteiger partial charge in [-0.3, -0.25) is 9.59 Å². The first-order chi connectivity index (χ1) is 9.05. The summed E-state index contributed by atoms with van der Waals surface area (Å²) < 4.78 is 5.67. The minimum absolute atomic E-state index is 0.165. The Bertz CT molecular complexity index is 550. The maximum absolute atomic E-state index is 12.7. The average molecular weight is 323 g/mol. The number of rotatable bonds is 3. The summed E-state index contributed by atoms with van der Waals surface area (Å²) in [5, 5.41) is 0. The number of hydrogen-bond acceptors (Lipinski definition) is 3. The Labute approximate surface area is 120 Å². The molecule has 4 heteroatoms. The Kier molecular flexibility index (Phi) is 3.90. The second-order valence-corrected chi connectivity index (χ2v) is 5.61. The zero-order chi connectivity index (χ0) is 14.0. The molecule has 0 radical (unpaired) electrons. The molecule has 0 aliphatic heterocycles. The smallest absolute Gasteiger partial charge is 0.320 e. The SMILES string of the molecule is C=CC[C@]1(C(=O)OC)CCc2ccc(Br)cc2C1=O. The molecule has 0 fully saturated rings. The molecule has 1 atom stereocenters. The minimum atomic E-state index is -1.11. The number of hydrogen-bond donors (Lipinski definition) is 0. The van der Waals surface area contributed by atoms with E-state index in [0.29, 0.717) is 24.8 Å². The lowest BCUT2D eigenvalue weighted by Gasteiger charge is -2.33. The van der Waals surface area contributed by atoms with Crippen LogP contribution in [0.3, 0.4) is 0 Å². The van der Waals surface area contributed by atoms with E-state index in [4.69, 9.17) is 4.74 Å². The molecule has 0 unspecified atom stereocenters. The zero-order valence-corrected chi connectivity index (χ0v) is 12.3. The highest BCUT2D eigenvalue weighted by Gasteiger charge is 2.48. The van der Waals surface area contributed by atoms with Gasteiger partial charge in [0.25, 0.3) is 0 Å². The van der Waals surface area contributed by atoms with E-state index in [-0.39, 0.29) is 5.78 Å². The first-order valence-corrected chi connectivity index (χ1v) is 6.87. The van der Waals surface area contributed by atoms with Crippen LogP contribution in [0.2, 0.25) is 0 Å². The van der Waals surface area contributed by atoms with E-state index in [0.717, 1.165) is 10.0 Å². The Morgan fingerprint density at radius 3 is 2.95 bits per heavy atom. The number of allylic oxidation sites excluding steroid dienone is 1. The van der Waals surface area contributed by atoms with Gasteiger partial charge in [0.15, 0.2) is 5.78 Å². The molecule has 1 aromatic carbocycles. The lowest BCUT2D eigenvalue weighted by atomic mass is 9.68. The molecule has 2 rings (SSSR count). The fourth-order valence-corrected chi connectivity index (χ4v) is 2.97. The van der Waals surface area contributed by atoms with Gasteiger partial charge in [-0.05, 0) is 37.0 Å². The van der Waals surface area contributed by atoms with Crippen LogP contribution in [-0.4, -0.2) is 18.9 Å². The summed E-state index contributed by atoms with van der Waals surface area (Å²) in [6, 6.07) is 5.61. The van der Waals surface area contributed by atoms with Crippen molar-refractivity contribution in [3.63, 3.8) is 0 Å². The van der Waals surface area contributed by atoms with Crippen LogP contribution in [0.5, 0.6) is 0 Å². The van der Waals surface area contributed by atoms with Crippen LogP contribution in [0.15, 0.2) is 35.3 Å². The van der Waals surface area contributed by atoms with E-state index in [1.54, 1.807) is 12.1 Å². The molecular formula is C15H15BrO3. The summed E-state index contributed by atoms with van der Waals surface area (Å²) in [4.78, 5) is 24.8. The first kappa shape index (κ1) is 14.0. The fraction of sp³-hybridized carbons (Fsp3) is 0.333. The van der Waals surface area contributed by atoms with E-state index in [1.807, 2.05) is 12.1 Å². The Morgan fingerprint density at radius 2 is 2.32 bits per heavy atom. The van der Waals surface area contributed by atoms with Gasteiger partial charge in [-0.25, -0.2) is 0 Å². The van der Waals surface area contributed by atoms with Gasteiger partial charge < -0.3 is 4.74 Å². The number of ether oxygens (including phenoxy) is 1. The van der Waals surface area contributed by atoms with Crippen molar-refractivity contribution in [1.82, 2.24) is 0 Å². The van der Waals surface area contributed by atoms with Crippen LogP contribution in [0, 0.1) is 5.41 Å². The number of esters is 1. The first-order valence-electron chi connectivity index (χ1n) is 6.07. The van der Waals surface area contributed by atoms with Crippen LogP contribution < -0.4 is 0 Å². The number of Topliss-reactive ketones (excluding diaryl/α,β-unsaturated/α-hetero) is 1. The number of halogens is 1. The standard InChI is InChI=1S/C15H15BrO3/c1-3-7-15(14(18)19-2)8-6-10-4-5-11(16)9-12(10)13(15)17/h3-5,9H,1,6-8H2,2H3/t15-/m0/s1. The van der Waals surface area contributed by atoms with Crippen LogP contribution >= 0.6 is 15.9 Å². The molecule has 1 aliphatic rings. The molecule has 0 amide bonds. The highest BCUT2D eigenvalue weighted by molar-refractivity contribution is 9.10. The molecule has 0 bridgehead atoms. The van der Waals surface area contributed by atoms with E-state index >= 15 is 0 Å². The Hall–Kier alpha value is -1.42. The second-order valence-electron chi connectivity index (χ2n) is 4.70. The second kappa shape index (κ2) is 5.29. The van der Waals surface area contributed by atoms with Crippen molar-refractivity contribution in [2.24, 2.45) is 5.41 Å². The van der Waals surface area contributed by atoms with Crippen LogP contribution in [0.1, 0.15) is 28.8 Å². The third kappa shape index (κ3) is 2.25. The Morgan fingerprint density at radius 1 is 1.58 bits per heavy atom. The third-order valence-electron chi connectivity index (χ3n) is 3.64. The number of benzene rings is 1. The normalized spacial score (nSPS) is 21.7. The van der Waals surface area contributed by atoms with Crippen molar-refractivity contribution in [3.8, 4) is 0 Å². The van der Waals surface area contributed by atoms with Crippen molar-refractivity contribution in [2.75, 3.05) is 7.11 Å². The van der Waals surface area contributed by atoms with Gasteiger partial charge >= 0.3 is 5.97 Å². The predicted molar refractivity (Wildman–Crippen MR) is 76.1 cm³/mol. The van der Waals surface area contributed by atoms with E-state index in [9.17, 15) is 9.59 Å². The Balaban J connectivity index is 2.53. The molecule has 1 aromatic rings. The maximum atomic E-state index is 12.7. The quantitative estimate of drug-likeness (QED) is 0.487. The summed E-state index contributed by atoms with van der Waals surface area (Å²) in [5.41, 5.74) is 0.481. The summed E-state index contributed by atoms with van der Waals surface area (Å²) in [6.07, 6.45) is 3.08. The molecule has 0 N–H and O–H groups in total. The van der Waals surface area contributed by atoms with E-state index in [1.165, 1.54) is 7.11 Å². The molecule has 0 aromatic heterocycles. The number of aryl methyl sites for hydroxylation is 1. The molecular weight excluding hydrogens is 308 g/mol. The van der Waals surface area contributed by atoms with Gasteiger partial charge in [0.05, 0.1) is 7.11 Å². The molecule has 0 heterocycles. The largest absolute Gasteiger partial charge is 0.468 e. The van der Waals surface area contributed by atoms with Crippen molar-refractivity contribution >= 4 is 27.7 Å². The molecule has 3 nitrogen and oxygen atoms in total. The van der Waals surface area contributed by atoms with Gasteiger partial charge in [-0.2, -0.15) is 0 Å². The number of fused-ring (bicyclic) bond motifs is 1.